The van der Waals surface area contributed by atoms with E-state index < -0.39 is 20.5 Å². The van der Waals surface area contributed by atoms with Gasteiger partial charge < -0.3 is 19.0 Å². The summed E-state index contributed by atoms with van der Waals surface area (Å²) >= 11 is 0. The predicted molar refractivity (Wildman–Crippen MR) is 89.9 cm³/mol. The van der Waals surface area contributed by atoms with Crippen LogP contribution in [0.2, 0.25) is 18.1 Å². The van der Waals surface area contributed by atoms with Gasteiger partial charge in [-0.25, -0.2) is 0 Å². The molecule has 0 aliphatic carbocycles. The molecule has 0 aromatic heterocycles. The molecule has 0 saturated heterocycles. The summed E-state index contributed by atoms with van der Waals surface area (Å²) in [7, 11) is -0.179. The third-order valence-corrected chi connectivity index (χ3v) is 8.28. The maximum Gasteiger partial charge on any atom is 0.192 e. The summed E-state index contributed by atoms with van der Waals surface area (Å²) in [5, 5.41) is 10.2. The molecule has 0 aliphatic rings. The van der Waals surface area contributed by atoms with Gasteiger partial charge in [-0.15, -0.1) is 0 Å². The Hall–Kier alpha value is -0.463. The van der Waals surface area contributed by atoms with Crippen LogP contribution >= 0.6 is 0 Å². The fraction of sp³-hybridized carbons (Fsp3) is 0.750. The summed E-state index contributed by atoms with van der Waals surface area (Å²) in [6.45, 7) is 13.6. The Bertz CT molecular complexity index is 332. The van der Waals surface area contributed by atoms with Gasteiger partial charge in [-0.2, -0.15) is 0 Å². The minimum absolute atomic E-state index is 0.146. The molecule has 21 heavy (non-hydrogen) atoms. The van der Waals surface area contributed by atoms with Gasteiger partial charge in [0, 0.05) is 7.11 Å². The number of aliphatic hydroxyl groups is 1. The number of hydrogen-bond acceptors (Lipinski definition) is 4. The van der Waals surface area contributed by atoms with Gasteiger partial charge in [0.05, 0.1) is 6.61 Å². The normalized spacial score (nSPS) is 16.8. The molecule has 0 rings (SSSR count). The van der Waals surface area contributed by atoms with E-state index in [1.54, 1.807) is 19.3 Å². The van der Waals surface area contributed by atoms with E-state index in [4.69, 9.17) is 13.9 Å². The highest BCUT2D eigenvalue weighted by Gasteiger charge is 2.36. The molecular formula is C16H32O4Si. The van der Waals surface area contributed by atoms with Crippen molar-refractivity contribution in [2.45, 2.75) is 58.0 Å². The number of ether oxygens (including phenoxy) is 2. The molecule has 0 saturated carbocycles. The zero-order valence-corrected chi connectivity index (χ0v) is 15.6. The van der Waals surface area contributed by atoms with Gasteiger partial charge in [-0.05, 0) is 25.1 Å². The first-order valence-electron chi connectivity index (χ1n) is 7.37. The average molecular weight is 317 g/mol. The second kappa shape index (κ2) is 9.53. The Labute approximate surface area is 130 Å². The molecule has 2 atom stereocenters. The minimum Gasteiger partial charge on any atom is -0.413 e. The van der Waals surface area contributed by atoms with Crippen molar-refractivity contribution in [3.05, 3.63) is 24.3 Å². The summed E-state index contributed by atoms with van der Waals surface area (Å²) in [6, 6.07) is 0. The van der Waals surface area contributed by atoms with Crippen LogP contribution < -0.4 is 0 Å². The summed E-state index contributed by atoms with van der Waals surface area (Å²) < 4.78 is 16.4. The van der Waals surface area contributed by atoms with Crippen LogP contribution in [0.4, 0.5) is 0 Å². The molecule has 1 N–H and O–H groups in total. The van der Waals surface area contributed by atoms with Crippen LogP contribution in [0, 0.1) is 0 Å². The highest BCUT2D eigenvalue weighted by Crippen LogP contribution is 2.36. The lowest BCUT2D eigenvalue weighted by atomic mass is 10.2. The van der Waals surface area contributed by atoms with Crippen molar-refractivity contribution in [2.75, 3.05) is 20.5 Å². The van der Waals surface area contributed by atoms with Crippen LogP contribution in [0.5, 0.6) is 0 Å². The van der Waals surface area contributed by atoms with Gasteiger partial charge in [0.15, 0.2) is 8.32 Å². The van der Waals surface area contributed by atoms with E-state index in [1.807, 2.05) is 19.1 Å². The van der Waals surface area contributed by atoms with E-state index in [0.717, 1.165) is 0 Å². The average Bonchev–Trinajstić information content (AvgIpc) is 2.36. The van der Waals surface area contributed by atoms with Crippen LogP contribution in [0.3, 0.4) is 0 Å². The topological polar surface area (TPSA) is 47.9 Å². The molecule has 0 aliphatic heterocycles. The maximum absolute atomic E-state index is 9.97. The van der Waals surface area contributed by atoms with Crippen molar-refractivity contribution in [3.63, 3.8) is 0 Å². The molecule has 0 unspecified atom stereocenters. The Morgan fingerprint density at radius 1 is 1.19 bits per heavy atom. The Morgan fingerprint density at radius 3 is 2.29 bits per heavy atom. The molecular weight excluding hydrogens is 284 g/mol. The predicted octanol–water partition coefficient (Wildman–Crippen LogP) is 3.49. The largest absolute Gasteiger partial charge is 0.413 e. The molecule has 0 heterocycles. The summed E-state index contributed by atoms with van der Waals surface area (Å²) in [5.74, 6) is 0. The quantitative estimate of drug-likeness (QED) is 0.402. The van der Waals surface area contributed by atoms with Crippen molar-refractivity contribution in [1.29, 1.82) is 0 Å². The van der Waals surface area contributed by atoms with Gasteiger partial charge in [0.1, 0.15) is 19.0 Å². The SMILES string of the molecule is C/C=C/[C@@H](O)[C@H](/C=C/CO[Si](C)(C)C(C)(C)C)OCOC. The minimum atomic E-state index is -1.74. The van der Waals surface area contributed by atoms with Crippen LogP contribution in [0.25, 0.3) is 0 Å². The summed E-state index contributed by atoms with van der Waals surface area (Å²) in [4.78, 5) is 0. The molecule has 124 valence electrons. The first kappa shape index (κ1) is 20.5. The monoisotopic (exact) mass is 316 g/mol. The van der Waals surface area contributed by atoms with Gasteiger partial charge >= 0.3 is 0 Å². The lowest BCUT2D eigenvalue weighted by Gasteiger charge is -2.35. The van der Waals surface area contributed by atoms with E-state index in [-0.39, 0.29) is 11.8 Å². The second-order valence-corrected chi connectivity index (χ2v) is 11.4. The lowest BCUT2D eigenvalue weighted by Crippen LogP contribution is -2.40. The molecule has 0 aromatic carbocycles. The van der Waals surface area contributed by atoms with Gasteiger partial charge in [0.25, 0.3) is 0 Å². The van der Waals surface area contributed by atoms with E-state index in [2.05, 4.69) is 33.9 Å². The Balaban J connectivity index is 4.51. The summed E-state index contributed by atoms with van der Waals surface area (Å²) in [5.41, 5.74) is 0. The molecule has 0 spiro atoms. The van der Waals surface area contributed by atoms with Crippen molar-refractivity contribution in [2.24, 2.45) is 0 Å². The third kappa shape index (κ3) is 7.92. The van der Waals surface area contributed by atoms with Crippen LogP contribution in [-0.4, -0.2) is 46.1 Å². The first-order chi connectivity index (χ1) is 9.65. The number of rotatable bonds is 9. The van der Waals surface area contributed by atoms with Crippen molar-refractivity contribution in [3.8, 4) is 0 Å². The highest BCUT2D eigenvalue weighted by molar-refractivity contribution is 6.74. The Morgan fingerprint density at radius 2 is 1.81 bits per heavy atom. The van der Waals surface area contributed by atoms with Crippen LogP contribution in [-0.2, 0) is 13.9 Å². The smallest absolute Gasteiger partial charge is 0.192 e. The fourth-order valence-corrected chi connectivity index (χ4v) is 2.33. The Kier molecular flexibility index (Phi) is 9.32. The molecule has 0 aromatic rings. The number of allylic oxidation sites excluding steroid dienone is 1. The number of hydrogen-bond donors (Lipinski definition) is 1. The zero-order valence-electron chi connectivity index (χ0n) is 14.6. The zero-order chi connectivity index (χ0) is 16.5. The van der Waals surface area contributed by atoms with Crippen LogP contribution in [0.15, 0.2) is 24.3 Å². The third-order valence-electron chi connectivity index (χ3n) is 3.78. The van der Waals surface area contributed by atoms with E-state index >= 15 is 0 Å². The van der Waals surface area contributed by atoms with Crippen molar-refractivity contribution >= 4 is 8.32 Å². The second-order valence-electron chi connectivity index (χ2n) is 6.55. The van der Waals surface area contributed by atoms with E-state index in [1.165, 1.54) is 0 Å². The molecule has 0 fully saturated rings. The van der Waals surface area contributed by atoms with Crippen LogP contribution in [0.1, 0.15) is 27.7 Å². The molecule has 0 bridgehead atoms. The van der Waals surface area contributed by atoms with E-state index in [9.17, 15) is 5.11 Å². The molecule has 0 radical (unpaired) electrons. The standard InChI is InChI=1S/C16H32O4Si/c1-8-10-14(17)15(19-13-18-5)11-9-12-20-21(6,7)16(2,3)4/h8-11,14-15,17H,12-13H2,1-7H3/b10-8+,11-9+/t14-,15+/m1/s1. The van der Waals surface area contributed by atoms with Gasteiger partial charge in [-0.3, -0.25) is 0 Å². The maximum atomic E-state index is 9.97. The lowest BCUT2D eigenvalue weighted by molar-refractivity contribution is -0.0834. The van der Waals surface area contributed by atoms with Gasteiger partial charge in [-0.1, -0.05) is 45.1 Å². The summed E-state index contributed by atoms with van der Waals surface area (Å²) in [6.07, 6.45) is 6.12. The van der Waals surface area contributed by atoms with Gasteiger partial charge in [0.2, 0.25) is 0 Å². The number of methoxy groups -OCH3 is 1. The first-order valence-corrected chi connectivity index (χ1v) is 10.3. The molecule has 0 amide bonds. The molecule has 4 nitrogen and oxygen atoms in total. The highest BCUT2D eigenvalue weighted by atomic mass is 28.4. The van der Waals surface area contributed by atoms with Crippen molar-refractivity contribution in [1.82, 2.24) is 0 Å². The molecule has 5 heteroatoms. The fourth-order valence-electron chi connectivity index (χ4n) is 1.38. The van der Waals surface area contributed by atoms with E-state index in [0.29, 0.717) is 6.61 Å². The van der Waals surface area contributed by atoms with Crippen molar-refractivity contribution < 1.29 is 19.0 Å². The number of aliphatic hydroxyl groups excluding tert-OH is 1.